The molecule has 0 aliphatic rings. The van der Waals surface area contributed by atoms with Gasteiger partial charge in [0.1, 0.15) is 0 Å². The second kappa shape index (κ2) is 5.35. The Labute approximate surface area is 55.5 Å². The van der Waals surface area contributed by atoms with Crippen molar-refractivity contribution < 1.29 is 0 Å². The second-order valence-corrected chi connectivity index (χ2v) is 2.01. The van der Waals surface area contributed by atoms with Crippen LogP contribution in [0.1, 0.15) is 19.8 Å². The standard InChI is InChI=1S/C5H13ClN2/c1-2-5(8-6)3-4-7/h5,8H,2-4,7H2,1H3. The molecule has 1 unspecified atom stereocenters. The minimum Gasteiger partial charge on any atom is -0.330 e. The van der Waals surface area contributed by atoms with Crippen molar-refractivity contribution in [3.05, 3.63) is 0 Å². The number of rotatable bonds is 4. The lowest BCUT2D eigenvalue weighted by atomic mass is 10.2. The van der Waals surface area contributed by atoms with E-state index in [2.05, 4.69) is 11.8 Å². The van der Waals surface area contributed by atoms with E-state index in [0.29, 0.717) is 12.6 Å². The minimum atomic E-state index is 0.390. The number of hydrogen-bond acceptors (Lipinski definition) is 2. The molecule has 0 bridgehead atoms. The van der Waals surface area contributed by atoms with Crippen LogP contribution < -0.4 is 10.6 Å². The number of nitrogens with one attached hydrogen (secondary N) is 1. The minimum absolute atomic E-state index is 0.390. The van der Waals surface area contributed by atoms with Gasteiger partial charge < -0.3 is 5.73 Å². The summed E-state index contributed by atoms with van der Waals surface area (Å²) in [6.45, 7) is 2.79. The number of halogens is 1. The largest absolute Gasteiger partial charge is 0.330 e. The van der Waals surface area contributed by atoms with E-state index in [-0.39, 0.29) is 0 Å². The Kier molecular flexibility index (Phi) is 5.49. The molecule has 2 nitrogen and oxygen atoms in total. The van der Waals surface area contributed by atoms with E-state index < -0.39 is 0 Å². The average Bonchev–Trinajstić information content (AvgIpc) is 1.83. The summed E-state index contributed by atoms with van der Waals surface area (Å²) < 4.78 is 0. The summed E-state index contributed by atoms with van der Waals surface area (Å²) in [7, 11) is 0. The van der Waals surface area contributed by atoms with Crippen LogP contribution in [0.25, 0.3) is 0 Å². The maximum Gasteiger partial charge on any atom is 0.0230 e. The van der Waals surface area contributed by atoms with Gasteiger partial charge in [0.15, 0.2) is 0 Å². The van der Waals surface area contributed by atoms with Crippen molar-refractivity contribution in [3.8, 4) is 0 Å². The predicted octanol–water partition coefficient (Wildman–Crippen LogP) is 0.857. The van der Waals surface area contributed by atoms with Crippen molar-refractivity contribution in [2.45, 2.75) is 25.8 Å². The maximum absolute atomic E-state index is 5.34. The highest BCUT2D eigenvalue weighted by Crippen LogP contribution is 1.95. The maximum atomic E-state index is 5.34. The van der Waals surface area contributed by atoms with Gasteiger partial charge in [-0.05, 0) is 31.2 Å². The van der Waals surface area contributed by atoms with Crippen molar-refractivity contribution in [3.63, 3.8) is 0 Å². The van der Waals surface area contributed by atoms with Crippen molar-refractivity contribution >= 4 is 11.8 Å². The highest BCUT2D eigenvalue weighted by molar-refractivity contribution is 6.13. The number of nitrogens with two attached hydrogens (primary N) is 1. The summed E-state index contributed by atoms with van der Waals surface area (Å²) in [5.41, 5.74) is 5.28. The van der Waals surface area contributed by atoms with Crippen LogP contribution >= 0.6 is 11.8 Å². The monoisotopic (exact) mass is 136 g/mol. The fourth-order valence-electron chi connectivity index (χ4n) is 0.537. The molecule has 0 aliphatic carbocycles. The molecule has 8 heavy (non-hydrogen) atoms. The highest BCUT2D eigenvalue weighted by atomic mass is 35.5. The first kappa shape index (κ1) is 8.21. The van der Waals surface area contributed by atoms with Crippen LogP contribution in [0.5, 0.6) is 0 Å². The van der Waals surface area contributed by atoms with Gasteiger partial charge in [-0.2, -0.15) is 0 Å². The first-order chi connectivity index (χ1) is 3.85. The molecule has 0 aromatic heterocycles. The van der Waals surface area contributed by atoms with Gasteiger partial charge >= 0.3 is 0 Å². The molecular weight excluding hydrogens is 124 g/mol. The molecule has 0 spiro atoms. The third-order valence-electron chi connectivity index (χ3n) is 1.16. The van der Waals surface area contributed by atoms with Crippen LogP contribution in [0.2, 0.25) is 0 Å². The Morgan fingerprint density at radius 2 is 2.38 bits per heavy atom. The third-order valence-corrected chi connectivity index (χ3v) is 1.47. The van der Waals surface area contributed by atoms with Gasteiger partial charge in [0, 0.05) is 6.04 Å². The summed E-state index contributed by atoms with van der Waals surface area (Å²) in [6.07, 6.45) is 2.00. The van der Waals surface area contributed by atoms with Crippen LogP contribution in [-0.4, -0.2) is 12.6 Å². The van der Waals surface area contributed by atoms with E-state index in [0.717, 1.165) is 12.8 Å². The summed E-state index contributed by atoms with van der Waals surface area (Å²) in [4.78, 5) is 2.64. The smallest absolute Gasteiger partial charge is 0.0230 e. The molecule has 0 saturated heterocycles. The van der Waals surface area contributed by atoms with Gasteiger partial charge in [-0.3, -0.25) is 0 Å². The quantitative estimate of drug-likeness (QED) is 0.563. The van der Waals surface area contributed by atoms with E-state index in [1.165, 1.54) is 0 Å². The van der Waals surface area contributed by atoms with Crippen LogP contribution in [0.3, 0.4) is 0 Å². The van der Waals surface area contributed by atoms with Gasteiger partial charge in [-0.1, -0.05) is 6.92 Å². The Balaban J connectivity index is 3.07. The van der Waals surface area contributed by atoms with Gasteiger partial charge in [0.05, 0.1) is 0 Å². The van der Waals surface area contributed by atoms with Crippen molar-refractivity contribution in [2.75, 3.05) is 6.54 Å². The Morgan fingerprint density at radius 3 is 2.50 bits per heavy atom. The molecule has 3 heteroatoms. The summed E-state index contributed by atoms with van der Waals surface area (Å²) in [5.74, 6) is 0. The first-order valence-corrected chi connectivity index (χ1v) is 3.29. The van der Waals surface area contributed by atoms with E-state index >= 15 is 0 Å². The molecule has 0 heterocycles. The molecule has 0 aromatic carbocycles. The zero-order chi connectivity index (χ0) is 6.41. The lowest BCUT2D eigenvalue weighted by Gasteiger charge is -2.08. The van der Waals surface area contributed by atoms with Crippen molar-refractivity contribution in [1.82, 2.24) is 4.84 Å². The Bertz CT molecular complexity index is 45.7. The molecular formula is C5H13ClN2. The first-order valence-electron chi connectivity index (χ1n) is 2.91. The molecule has 3 N–H and O–H groups in total. The molecule has 0 saturated carbocycles. The predicted molar refractivity (Wildman–Crippen MR) is 36.7 cm³/mol. The molecule has 0 fully saturated rings. The van der Waals surface area contributed by atoms with Crippen LogP contribution in [0.4, 0.5) is 0 Å². The lowest BCUT2D eigenvalue weighted by Crippen LogP contribution is -2.22. The van der Waals surface area contributed by atoms with Gasteiger partial charge in [0.2, 0.25) is 0 Å². The normalized spacial score (nSPS) is 13.9. The molecule has 0 aliphatic heterocycles. The summed E-state index contributed by atoms with van der Waals surface area (Å²) in [6, 6.07) is 0.390. The van der Waals surface area contributed by atoms with Crippen LogP contribution in [-0.2, 0) is 0 Å². The molecule has 0 radical (unpaired) electrons. The summed E-state index contributed by atoms with van der Waals surface area (Å²) in [5, 5.41) is 0. The van der Waals surface area contributed by atoms with E-state index in [4.69, 9.17) is 17.5 Å². The van der Waals surface area contributed by atoms with Crippen molar-refractivity contribution in [2.24, 2.45) is 5.73 Å². The van der Waals surface area contributed by atoms with E-state index in [9.17, 15) is 0 Å². The SMILES string of the molecule is CCC(CCN)NCl. The molecule has 0 amide bonds. The lowest BCUT2D eigenvalue weighted by molar-refractivity contribution is 0.565. The van der Waals surface area contributed by atoms with Gasteiger partial charge in [-0.25, -0.2) is 4.84 Å². The highest BCUT2D eigenvalue weighted by Gasteiger charge is 1.99. The van der Waals surface area contributed by atoms with E-state index in [1.807, 2.05) is 0 Å². The fraction of sp³-hybridized carbons (Fsp3) is 1.00. The van der Waals surface area contributed by atoms with Crippen LogP contribution in [0, 0.1) is 0 Å². The van der Waals surface area contributed by atoms with Crippen LogP contribution in [0.15, 0.2) is 0 Å². The molecule has 50 valence electrons. The zero-order valence-electron chi connectivity index (χ0n) is 5.15. The topological polar surface area (TPSA) is 38.0 Å². The second-order valence-electron chi connectivity index (χ2n) is 1.79. The molecule has 0 aromatic rings. The van der Waals surface area contributed by atoms with Gasteiger partial charge in [0.25, 0.3) is 0 Å². The third kappa shape index (κ3) is 3.24. The van der Waals surface area contributed by atoms with E-state index in [1.54, 1.807) is 0 Å². The van der Waals surface area contributed by atoms with Crippen molar-refractivity contribution in [1.29, 1.82) is 0 Å². The van der Waals surface area contributed by atoms with Gasteiger partial charge in [-0.15, -0.1) is 0 Å². The Morgan fingerprint density at radius 1 is 1.75 bits per heavy atom. The zero-order valence-corrected chi connectivity index (χ0v) is 5.91. The Hall–Kier alpha value is 0.210. The summed E-state index contributed by atoms with van der Waals surface area (Å²) >= 11 is 5.34. The molecule has 0 rings (SSSR count). The fourth-order valence-corrected chi connectivity index (χ4v) is 0.800. The number of hydrogen-bond donors (Lipinski definition) is 2. The average molecular weight is 137 g/mol. The molecule has 1 atom stereocenters.